The van der Waals surface area contributed by atoms with E-state index in [1.165, 1.54) is 0 Å². The van der Waals surface area contributed by atoms with Gasteiger partial charge in [-0.15, -0.1) is 0 Å². The minimum Gasteiger partial charge on any atom is -0.493 e. The summed E-state index contributed by atoms with van der Waals surface area (Å²) in [6.07, 6.45) is 0. The van der Waals surface area contributed by atoms with E-state index in [1.807, 2.05) is 24.3 Å². The van der Waals surface area contributed by atoms with Gasteiger partial charge >= 0.3 is 0 Å². The topological polar surface area (TPSA) is 58.1 Å². The average Bonchev–Trinajstić information content (AvgIpc) is 3.02. The smallest absolute Gasteiger partial charge is 0.119 e. The van der Waals surface area contributed by atoms with E-state index in [9.17, 15) is 5.11 Å². The molecule has 0 spiro atoms. The Hall–Kier alpha value is -2.04. The number of aliphatic hydroxyl groups excluding tert-OH is 1. The fraction of sp³-hybridized carbons (Fsp3) is 0.435. The van der Waals surface area contributed by atoms with Crippen molar-refractivity contribution >= 4 is 22.5 Å². The molecule has 0 aliphatic carbocycles. The zero-order chi connectivity index (χ0) is 20.7. The van der Waals surface area contributed by atoms with Crippen LogP contribution in [0.5, 0.6) is 5.75 Å². The van der Waals surface area contributed by atoms with Gasteiger partial charge in [0.2, 0.25) is 0 Å². The van der Waals surface area contributed by atoms with Crippen molar-refractivity contribution in [1.29, 1.82) is 0 Å². The number of rotatable bonds is 5. The normalized spacial score (nSPS) is 12.6. The number of H-pyrrole nitrogens is 1. The van der Waals surface area contributed by atoms with Crippen LogP contribution in [0.4, 0.5) is 0 Å². The highest BCUT2D eigenvalue weighted by molar-refractivity contribution is 6.31. The van der Waals surface area contributed by atoms with Crippen molar-refractivity contribution < 1.29 is 9.84 Å². The zero-order valence-corrected chi connectivity index (χ0v) is 18.2. The molecule has 1 aromatic heterocycles. The lowest BCUT2D eigenvalue weighted by molar-refractivity contribution is 0.240. The number of benzene rings is 2. The summed E-state index contributed by atoms with van der Waals surface area (Å²) in [5, 5.41) is 18.8. The molecule has 0 radical (unpaired) electrons. The summed E-state index contributed by atoms with van der Waals surface area (Å²) in [7, 11) is 0. The van der Waals surface area contributed by atoms with Crippen LogP contribution in [0.25, 0.3) is 10.9 Å². The Morgan fingerprint density at radius 1 is 1.11 bits per heavy atom. The molecule has 1 heterocycles. The van der Waals surface area contributed by atoms with Gasteiger partial charge in [-0.25, -0.2) is 0 Å². The molecule has 0 unspecified atom stereocenters. The molecule has 5 heteroatoms. The number of ether oxygens (including phenoxy) is 1. The molecule has 0 amide bonds. The van der Waals surface area contributed by atoms with Crippen LogP contribution in [0.15, 0.2) is 30.3 Å². The van der Waals surface area contributed by atoms with Crippen molar-refractivity contribution in [3.05, 3.63) is 57.7 Å². The highest BCUT2D eigenvalue weighted by atomic mass is 35.5. The van der Waals surface area contributed by atoms with Gasteiger partial charge in [0, 0.05) is 15.8 Å². The number of fused-ring (bicyclic) bond motifs is 1. The van der Waals surface area contributed by atoms with E-state index in [-0.39, 0.29) is 17.4 Å². The summed E-state index contributed by atoms with van der Waals surface area (Å²) in [6, 6.07) is 9.90. The van der Waals surface area contributed by atoms with E-state index < -0.39 is 0 Å². The fourth-order valence-electron chi connectivity index (χ4n) is 3.77. The van der Waals surface area contributed by atoms with Gasteiger partial charge in [-0.1, -0.05) is 52.3 Å². The molecule has 3 rings (SSSR count). The number of aromatic nitrogens is 2. The average molecular weight is 401 g/mol. The highest BCUT2D eigenvalue weighted by Gasteiger charge is 2.28. The molecular weight excluding hydrogens is 372 g/mol. The summed E-state index contributed by atoms with van der Waals surface area (Å²) in [4.78, 5) is 0. The monoisotopic (exact) mass is 400 g/mol. The van der Waals surface area contributed by atoms with Crippen molar-refractivity contribution in [3.63, 3.8) is 0 Å². The van der Waals surface area contributed by atoms with Crippen LogP contribution in [-0.2, 0) is 17.4 Å². The Morgan fingerprint density at radius 3 is 2.46 bits per heavy atom. The van der Waals surface area contributed by atoms with Crippen molar-refractivity contribution in [1.82, 2.24) is 10.2 Å². The first kappa shape index (κ1) is 20.7. The van der Waals surface area contributed by atoms with E-state index in [1.54, 1.807) is 0 Å². The largest absolute Gasteiger partial charge is 0.493 e. The maximum Gasteiger partial charge on any atom is 0.119 e. The molecule has 3 aromatic rings. The van der Waals surface area contributed by atoms with Crippen LogP contribution in [0.3, 0.4) is 0 Å². The Balaban J connectivity index is 1.95. The van der Waals surface area contributed by atoms with Gasteiger partial charge in [-0.05, 0) is 53.3 Å². The predicted octanol–water partition coefficient (Wildman–Crippen LogP) is 5.67. The molecule has 0 saturated carbocycles. The summed E-state index contributed by atoms with van der Waals surface area (Å²) in [5.74, 6) is 0.807. The second-order valence-corrected chi connectivity index (χ2v) is 9.48. The lowest BCUT2D eigenvalue weighted by atomic mass is 9.80. The second-order valence-electron chi connectivity index (χ2n) is 9.08. The number of nitrogens with zero attached hydrogens (tertiary/aromatic N) is 1. The first-order valence-electron chi connectivity index (χ1n) is 9.55. The molecular formula is C23H29ClN2O2. The molecule has 0 aliphatic rings. The Labute approximate surface area is 171 Å². The quantitative estimate of drug-likeness (QED) is 0.580. The number of hydrogen-bond donors (Lipinski definition) is 2. The van der Waals surface area contributed by atoms with Crippen molar-refractivity contribution in [2.45, 2.75) is 59.0 Å². The third kappa shape index (κ3) is 3.89. The van der Waals surface area contributed by atoms with Crippen molar-refractivity contribution in [3.8, 4) is 5.75 Å². The van der Waals surface area contributed by atoms with Crippen LogP contribution in [0.2, 0.25) is 5.02 Å². The third-order valence-electron chi connectivity index (χ3n) is 5.19. The van der Waals surface area contributed by atoms with Crippen LogP contribution < -0.4 is 4.74 Å². The Bertz CT molecular complexity index is 1000. The maximum absolute atomic E-state index is 9.73. The van der Waals surface area contributed by atoms with Gasteiger partial charge in [0.05, 0.1) is 24.4 Å². The first-order valence-corrected chi connectivity index (χ1v) is 9.93. The van der Waals surface area contributed by atoms with Crippen LogP contribution in [-0.4, -0.2) is 21.9 Å². The summed E-state index contributed by atoms with van der Waals surface area (Å²) in [6.45, 7) is 13.2. The van der Waals surface area contributed by atoms with Gasteiger partial charge in [0.1, 0.15) is 5.75 Å². The lowest BCUT2D eigenvalue weighted by Gasteiger charge is -2.29. The summed E-state index contributed by atoms with van der Waals surface area (Å²) in [5.41, 5.74) is 4.64. The number of nitrogens with one attached hydrogen (secondary N) is 1. The summed E-state index contributed by atoms with van der Waals surface area (Å²) >= 11 is 6.38. The maximum atomic E-state index is 9.73. The Kier molecular flexibility index (Phi) is 5.48. The molecule has 28 heavy (non-hydrogen) atoms. The number of aromatic amines is 1. The molecule has 0 atom stereocenters. The van der Waals surface area contributed by atoms with Gasteiger partial charge in [-0.3, -0.25) is 5.10 Å². The molecule has 0 bridgehead atoms. The van der Waals surface area contributed by atoms with E-state index in [2.05, 4.69) is 57.8 Å². The van der Waals surface area contributed by atoms with Crippen LogP contribution in [0, 0.1) is 6.92 Å². The number of hydrogen-bond acceptors (Lipinski definition) is 3. The van der Waals surface area contributed by atoms with Crippen LogP contribution in [0.1, 0.15) is 57.0 Å². The van der Waals surface area contributed by atoms with E-state index in [0.29, 0.717) is 6.61 Å². The van der Waals surface area contributed by atoms with E-state index in [4.69, 9.17) is 16.3 Å². The Morgan fingerprint density at radius 2 is 1.82 bits per heavy atom. The number of aryl methyl sites for hydroxylation is 1. The molecule has 150 valence electrons. The van der Waals surface area contributed by atoms with Gasteiger partial charge < -0.3 is 9.84 Å². The number of halogens is 1. The van der Waals surface area contributed by atoms with Gasteiger partial charge in [0.15, 0.2) is 0 Å². The minimum absolute atomic E-state index is 0.0546. The van der Waals surface area contributed by atoms with Gasteiger partial charge in [0.25, 0.3) is 0 Å². The molecule has 2 N–H and O–H groups in total. The zero-order valence-electron chi connectivity index (χ0n) is 17.5. The molecule has 4 nitrogen and oxygen atoms in total. The fourth-order valence-corrected chi connectivity index (χ4v) is 4.17. The van der Waals surface area contributed by atoms with Crippen LogP contribution >= 0.6 is 11.6 Å². The summed E-state index contributed by atoms with van der Waals surface area (Å²) < 4.78 is 6.22. The predicted molar refractivity (Wildman–Crippen MR) is 115 cm³/mol. The van der Waals surface area contributed by atoms with E-state index in [0.717, 1.165) is 44.1 Å². The van der Waals surface area contributed by atoms with E-state index >= 15 is 0 Å². The minimum atomic E-state index is -0.279. The van der Waals surface area contributed by atoms with Crippen molar-refractivity contribution in [2.24, 2.45) is 0 Å². The second kappa shape index (κ2) is 7.41. The standard InChI is InChI=1S/C23H29ClN2O2/c1-14-7-10-18-20(19(12-27)26-25-18)21(14)23(5,6)13-28-15-8-9-17(24)16(11-15)22(2,3)4/h7-11,27H,12-13H2,1-6H3,(H,25,26). The third-order valence-corrected chi connectivity index (χ3v) is 5.51. The highest BCUT2D eigenvalue weighted by Crippen LogP contribution is 2.36. The molecule has 0 aliphatic heterocycles. The number of aliphatic hydroxyl groups is 1. The molecule has 2 aromatic carbocycles. The van der Waals surface area contributed by atoms with Gasteiger partial charge in [-0.2, -0.15) is 5.10 Å². The molecule has 0 fully saturated rings. The first-order chi connectivity index (χ1) is 13.0. The lowest BCUT2D eigenvalue weighted by Crippen LogP contribution is -2.28. The van der Waals surface area contributed by atoms with Crippen molar-refractivity contribution in [2.75, 3.05) is 6.61 Å². The molecule has 0 saturated heterocycles. The SMILES string of the molecule is Cc1ccc2n[nH]c(CO)c2c1C(C)(C)COc1ccc(Cl)c(C(C)(C)C)c1.